The smallest absolute Gasteiger partial charge is 0.345 e. The Labute approximate surface area is 301 Å². The van der Waals surface area contributed by atoms with Crippen molar-refractivity contribution in [2.24, 2.45) is 0 Å². The second kappa shape index (κ2) is 40.4. The molecule has 0 spiro atoms. The maximum absolute atomic E-state index is 12.2. The lowest BCUT2D eigenvalue weighted by atomic mass is 10.0. The first kappa shape index (κ1) is 46.9. The molecule has 0 aliphatic rings. The van der Waals surface area contributed by atoms with Crippen LogP contribution in [0.2, 0.25) is 0 Å². The second-order valence-corrected chi connectivity index (χ2v) is 15.2. The van der Waals surface area contributed by atoms with Crippen molar-refractivity contribution >= 4 is 11.9 Å². The molecule has 0 saturated carbocycles. The van der Waals surface area contributed by atoms with Crippen molar-refractivity contribution in [3.8, 4) is 0 Å². The first-order valence-corrected chi connectivity index (χ1v) is 22.0. The van der Waals surface area contributed by atoms with Crippen LogP contribution in [0.4, 0.5) is 0 Å². The van der Waals surface area contributed by atoms with Gasteiger partial charge in [-0.05, 0) is 19.3 Å². The van der Waals surface area contributed by atoms with Gasteiger partial charge < -0.3 is 9.84 Å². The van der Waals surface area contributed by atoms with Gasteiger partial charge in [0.1, 0.15) is 0 Å². The van der Waals surface area contributed by atoms with Crippen molar-refractivity contribution in [2.75, 3.05) is 0 Å². The molecule has 48 heavy (non-hydrogen) atoms. The van der Waals surface area contributed by atoms with Crippen molar-refractivity contribution < 1.29 is 19.4 Å². The SMILES string of the molecule is CCCCCCCCCCCCCCCCCCCCCCCC(=O)OC(CCCCCCCCCCCCCCCCCC)C(=O)O. The fraction of sp³-hybridized carbons (Fsp3) is 0.955. The van der Waals surface area contributed by atoms with Crippen LogP contribution < -0.4 is 0 Å². The third kappa shape index (κ3) is 37.8. The van der Waals surface area contributed by atoms with E-state index in [1.165, 1.54) is 199 Å². The zero-order chi connectivity index (χ0) is 35.0. The van der Waals surface area contributed by atoms with Crippen LogP contribution in [0.3, 0.4) is 0 Å². The lowest BCUT2D eigenvalue weighted by molar-refractivity contribution is -0.164. The maximum Gasteiger partial charge on any atom is 0.345 e. The molecular formula is C44H86O4. The van der Waals surface area contributed by atoms with Crippen LogP contribution in [0.1, 0.15) is 264 Å². The molecule has 0 aromatic rings. The first-order valence-electron chi connectivity index (χ1n) is 22.0. The highest BCUT2D eigenvalue weighted by atomic mass is 16.6. The average Bonchev–Trinajstić information content (AvgIpc) is 3.08. The zero-order valence-corrected chi connectivity index (χ0v) is 32.8. The van der Waals surface area contributed by atoms with Crippen LogP contribution in [0.15, 0.2) is 0 Å². The fourth-order valence-electron chi connectivity index (χ4n) is 7.03. The molecule has 0 aromatic heterocycles. The minimum Gasteiger partial charge on any atom is -0.479 e. The molecule has 1 atom stereocenters. The predicted molar refractivity (Wildman–Crippen MR) is 209 cm³/mol. The van der Waals surface area contributed by atoms with Gasteiger partial charge in [-0.1, -0.05) is 239 Å². The van der Waals surface area contributed by atoms with Gasteiger partial charge in [0.25, 0.3) is 0 Å². The van der Waals surface area contributed by atoms with E-state index >= 15 is 0 Å². The Morgan fingerprint density at radius 1 is 0.375 bits per heavy atom. The van der Waals surface area contributed by atoms with E-state index in [1.807, 2.05) is 0 Å². The minimum absolute atomic E-state index is 0.336. The van der Waals surface area contributed by atoms with Crippen molar-refractivity contribution in [1.82, 2.24) is 0 Å². The summed E-state index contributed by atoms with van der Waals surface area (Å²) in [4.78, 5) is 23.9. The van der Waals surface area contributed by atoms with Crippen molar-refractivity contribution in [3.05, 3.63) is 0 Å². The van der Waals surface area contributed by atoms with Crippen LogP contribution in [0, 0.1) is 0 Å². The molecule has 4 heteroatoms. The maximum atomic E-state index is 12.2. The van der Waals surface area contributed by atoms with Crippen LogP contribution in [0.25, 0.3) is 0 Å². The number of esters is 1. The molecule has 0 saturated heterocycles. The molecule has 0 aromatic carbocycles. The summed E-state index contributed by atoms with van der Waals surface area (Å²) in [5.41, 5.74) is 0. The van der Waals surface area contributed by atoms with Crippen LogP contribution in [-0.4, -0.2) is 23.1 Å². The quantitative estimate of drug-likeness (QED) is 0.0516. The summed E-state index contributed by atoms with van der Waals surface area (Å²) in [6.07, 6.45) is 48.7. The number of carbonyl (C=O) groups is 2. The Morgan fingerprint density at radius 3 is 0.854 bits per heavy atom. The lowest BCUT2D eigenvalue weighted by Crippen LogP contribution is -2.27. The Morgan fingerprint density at radius 2 is 0.604 bits per heavy atom. The van der Waals surface area contributed by atoms with Gasteiger partial charge in [0, 0.05) is 6.42 Å². The van der Waals surface area contributed by atoms with Gasteiger partial charge in [-0.25, -0.2) is 4.79 Å². The highest BCUT2D eigenvalue weighted by Gasteiger charge is 2.21. The lowest BCUT2D eigenvalue weighted by Gasteiger charge is -2.13. The van der Waals surface area contributed by atoms with Crippen molar-refractivity contribution in [1.29, 1.82) is 0 Å². The van der Waals surface area contributed by atoms with Gasteiger partial charge in [0.15, 0.2) is 6.10 Å². The van der Waals surface area contributed by atoms with E-state index in [2.05, 4.69) is 13.8 Å². The zero-order valence-electron chi connectivity index (χ0n) is 32.8. The third-order valence-corrected chi connectivity index (χ3v) is 10.4. The summed E-state index contributed by atoms with van der Waals surface area (Å²) < 4.78 is 5.34. The molecular weight excluding hydrogens is 592 g/mol. The van der Waals surface area contributed by atoms with Gasteiger partial charge in [-0.2, -0.15) is 0 Å². The van der Waals surface area contributed by atoms with Gasteiger partial charge in [-0.15, -0.1) is 0 Å². The van der Waals surface area contributed by atoms with Crippen molar-refractivity contribution in [2.45, 2.75) is 270 Å². The largest absolute Gasteiger partial charge is 0.479 e. The highest BCUT2D eigenvalue weighted by molar-refractivity contribution is 5.77. The number of rotatable bonds is 41. The Balaban J connectivity index is 3.45. The van der Waals surface area contributed by atoms with Gasteiger partial charge >= 0.3 is 11.9 Å². The third-order valence-electron chi connectivity index (χ3n) is 10.4. The Kier molecular flexibility index (Phi) is 39.5. The summed E-state index contributed by atoms with van der Waals surface area (Å²) in [7, 11) is 0. The second-order valence-electron chi connectivity index (χ2n) is 15.2. The average molecular weight is 679 g/mol. The molecule has 0 fully saturated rings. The van der Waals surface area contributed by atoms with Gasteiger partial charge in [-0.3, -0.25) is 4.79 Å². The van der Waals surface area contributed by atoms with E-state index < -0.39 is 12.1 Å². The number of hydrogen-bond acceptors (Lipinski definition) is 3. The summed E-state index contributed by atoms with van der Waals surface area (Å²) in [6, 6.07) is 0. The number of carboxylic acid groups (broad SMARTS) is 1. The van der Waals surface area contributed by atoms with Crippen LogP contribution >= 0.6 is 0 Å². The molecule has 286 valence electrons. The molecule has 0 aliphatic heterocycles. The number of carbonyl (C=O) groups excluding carboxylic acids is 1. The summed E-state index contributed by atoms with van der Waals surface area (Å²) in [5.74, 6) is -1.33. The fourth-order valence-corrected chi connectivity index (χ4v) is 7.03. The van der Waals surface area contributed by atoms with E-state index in [1.54, 1.807) is 0 Å². The molecule has 1 N–H and O–H groups in total. The van der Waals surface area contributed by atoms with E-state index in [0.29, 0.717) is 12.8 Å². The molecule has 0 amide bonds. The summed E-state index contributed by atoms with van der Waals surface area (Å²) in [6.45, 7) is 4.56. The van der Waals surface area contributed by atoms with E-state index in [4.69, 9.17) is 4.74 Å². The summed E-state index contributed by atoms with van der Waals surface area (Å²) in [5, 5.41) is 9.52. The number of carboxylic acids is 1. The normalized spacial score (nSPS) is 12.0. The first-order chi connectivity index (χ1) is 23.6. The van der Waals surface area contributed by atoms with Crippen molar-refractivity contribution in [3.63, 3.8) is 0 Å². The topological polar surface area (TPSA) is 63.6 Å². The van der Waals surface area contributed by atoms with E-state index in [0.717, 1.165) is 38.5 Å². The van der Waals surface area contributed by atoms with Crippen LogP contribution in [-0.2, 0) is 14.3 Å². The molecule has 0 rings (SSSR count). The molecule has 0 heterocycles. The monoisotopic (exact) mass is 679 g/mol. The minimum atomic E-state index is -0.997. The molecule has 1 unspecified atom stereocenters. The molecule has 0 aliphatic carbocycles. The van der Waals surface area contributed by atoms with E-state index in [-0.39, 0.29) is 5.97 Å². The number of hydrogen-bond donors (Lipinski definition) is 1. The van der Waals surface area contributed by atoms with Gasteiger partial charge in [0.05, 0.1) is 0 Å². The van der Waals surface area contributed by atoms with Crippen LogP contribution in [0.5, 0.6) is 0 Å². The highest BCUT2D eigenvalue weighted by Crippen LogP contribution is 2.17. The Hall–Kier alpha value is -1.06. The Bertz CT molecular complexity index is 648. The standard InChI is InChI=1S/C44H86O4/c1-3-5-7-9-11-13-15-17-19-21-22-23-24-25-27-29-31-33-35-37-39-41-43(45)48-42(44(46)47)40-38-36-34-32-30-28-26-20-18-16-14-12-10-8-6-4-2/h42H,3-41H2,1-2H3,(H,46,47). The summed E-state index contributed by atoms with van der Waals surface area (Å²) >= 11 is 0. The molecule has 0 radical (unpaired) electrons. The molecule has 0 bridgehead atoms. The van der Waals surface area contributed by atoms with E-state index in [9.17, 15) is 14.7 Å². The number of unbranched alkanes of at least 4 members (excludes halogenated alkanes) is 35. The molecule has 4 nitrogen and oxygen atoms in total. The number of ether oxygens (including phenoxy) is 1. The van der Waals surface area contributed by atoms with Gasteiger partial charge in [0.2, 0.25) is 0 Å². The predicted octanol–water partition coefficient (Wildman–Crippen LogP) is 15.2. The number of aliphatic carboxylic acids is 1.